The number of hydrogen-bond donors (Lipinski definition) is 0. The van der Waals surface area contributed by atoms with Crippen molar-refractivity contribution in [2.75, 3.05) is 0 Å². The largest absolute Gasteiger partial charge is 0.354 e. The van der Waals surface area contributed by atoms with E-state index < -0.39 is 5.91 Å². The quantitative estimate of drug-likeness (QED) is 0.198. The molecule has 9 nitrogen and oxygen atoms in total. The van der Waals surface area contributed by atoms with Gasteiger partial charge < -0.3 is 4.98 Å². The van der Waals surface area contributed by atoms with E-state index in [-0.39, 0.29) is 26.9 Å². The van der Waals surface area contributed by atoms with Crippen molar-refractivity contribution < 1.29 is 25.5 Å². The van der Waals surface area contributed by atoms with Crippen molar-refractivity contribution in [3.8, 4) is 0 Å². The second kappa shape index (κ2) is 10.7. The predicted molar refractivity (Wildman–Crippen MR) is 141 cm³/mol. The molecule has 5 heterocycles. The molecule has 7 aromatic rings. The number of halogens is 1. The van der Waals surface area contributed by atoms with Crippen LogP contribution in [-0.2, 0) is 27.0 Å². The van der Waals surface area contributed by atoms with Gasteiger partial charge in [0.2, 0.25) is 0 Å². The molecule has 0 bridgehead atoms. The second-order valence-corrected chi connectivity index (χ2v) is 8.70. The van der Waals surface area contributed by atoms with Crippen LogP contribution >= 0.6 is 0 Å². The number of aromatic nitrogens is 9. The number of hydrogen-bond acceptors (Lipinski definition) is 5. The van der Waals surface area contributed by atoms with Gasteiger partial charge in [0.25, 0.3) is 0 Å². The van der Waals surface area contributed by atoms with Crippen LogP contribution in [0.25, 0.3) is 21.7 Å². The monoisotopic (exact) mass is 699 g/mol. The van der Waals surface area contributed by atoms with E-state index in [9.17, 15) is 4.39 Å². The van der Waals surface area contributed by atoms with Crippen LogP contribution in [0.2, 0.25) is 0 Å². The van der Waals surface area contributed by atoms with Gasteiger partial charge in [0.15, 0.2) is 0 Å². The molecule has 0 aliphatic heterocycles. The summed E-state index contributed by atoms with van der Waals surface area (Å²) in [4.78, 5) is 4.52. The summed E-state index contributed by atoms with van der Waals surface area (Å²) >= 11 is 0. The summed E-state index contributed by atoms with van der Waals surface area (Å²) in [5.74, 6) is -1.20. The third-order valence-corrected chi connectivity index (χ3v) is 6.23. The molecule has 0 amide bonds. The Bertz CT molecular complexity index is 1650. The van der Waals surface area contributed by atoms with Crippen molar-refractivity contribution in [1.82, 2.24) is 44.1 Å². The Hall–Kier alpha value is -4.43. The molecule has 39 heavy (non-hydrogen) atoms. The van der Waals surface area contributed by atoms with E-state index in [2.05, 4.69) is 31.4 Å². The van der Waals surface area contributed by atoms with Gasteiger partial charge >= 0.3 is 5.91 Å². The van der Waals surface area contributed by atoms with E-state index in [1.807, 2.05) is 80.2 Å². The Morgan fingerprint density at radius 3 is 1.62 bits per heavy atom. The summed E-state index contributed by atoms with van der Waals surface area (Å²) in [6.45, 7) is 3.68. The first kappa shape index (κ1) is 26.2. The molecule has 0 unspecified atom stereocenters. The standard InChI is InChI=1S/C15H11FN.C13H12N8.Pt/c1-9-7-13-12(8-14(9)16)6-5-11-4-3-10(2)17-15(11)13;1-5-14-18(9-1)13(19-10-2-6-15-19,20-11-3-7-16-20)21-12-4-8-17-21;/h3-6,8H,1-2H3;1-12H;/q-1;;. The Morgan fingerprint density at radius 2 is 1.15 bits per heavy atom. The maximum Gasteiger partial charge on any atom is 0.354 e. The number of fused-ring (bicyclic) bond motifs is 3. The molecule has 2 aromatic carbocycles. The minimum absolute atomic E-state index is 0. The molecule has 0 radical (unpaired) electrons. The fourth-order valence-electron chi connectivity index (χ4n) is 4.46. The molecular weight excluding hydrogens is 676 g/mol. The molecule has 0 aliphatic carbocycles. The zero-order chi connectivity index (χ0) is 26.1. The fourth-order valence-corrected chi connectivity index (χ4v) is 4.46. The maximum absolute atomic E-state index is 13.5. The minimum Gasteiger partial charge on any atom is -0.301 e. The Kier molecular flexibility index (Phi) is 7.21. The zero-order valence-electron chi connectivity index (χ0n) is 21.0. The topological polar surface area (TPSA) is 84.2 Å². The van der Waals surface area contributed by atoms with Gasteiger partial charge in [-0.1, -0.05) is 30.7 Å². The SMILES string of the molecule is Cc1ccc2ccc3cc(F)c(C)[c-]c3c2n1.[Pt].c1cnn(C(n2cccn2)(n2cccn2)n2cccn2)c1. The molecule has 0 aliphatic rings. The van der Waals surface area contributed by atoms with Gasteiger partial charge in [-0.25, -0.2) is 18.7 Å². The number of rotatable bonds is 4. The minimum atomic E-state index is -0.986. The van der Waals surface area contributed by atoms with Crippen molar-refractivity contribution in [2.45, 2.75) is 19.8 Å². The molecule has 0 spiro atoms. The summed E-state index contributed by atoms with van der Waals surface area (Å²) in [7, 11) is 0. The molecule has 5 aromatic heterocycles. The molecule has 7 rings (SSSR count). The average Bonchev–Trinajstić information content (AvgIpc) is 3.76. The van der Waals surface area contributed by atoms with Gasteiger partial charge in [-0.3, -0.25) is 4.39 Å². The second-order valence-electron chi connectivity index (χ2n) is 8.70. The number of nitrogens with zero attached hydrogens (tertiary/aromatic N) is 9. The summed E-state index contributed by atoms with van der Waals surface area (Å²) in [6, 6.07) is 19.9. The van der Waals surface area contributed by atoms with Crippen LogP contribution in [0, 0.1) is 25.7 Å². The summed E-state index contributed by atoms with van der Waals surface area (Å²) < 4.78 is 20.5. The molecule has 0 N–H and O–H groups in total. The van der Waals surface area contributed by atoms with E-state index in [0.717, 1.165) is 27.4 Å². The van der Waals surface area contributed by atoms with Crippen LogP contribution in [0.4, 0.5) is 4.39 Å². The first-order chi connectivity index (χ1) is 18.6. The van der Waals surface area contributed by atoms with Crippen LogP contribution in [-0.4, -0.2) is 44.1 Å². The Labute approximate surface area is 237 Å². The van der Waals surface area contributed by atoms with E-state index in [4.69, 9.17) is 0 Å². The molecule has 0 saturated heterocycles. The number of benzene rings is 2. The van der Waals surface area contributed by atoms with Crippen LogP contribution < -0.4 is 0 Å². The molecule has 11 heteroatoms. The Balaban J connectivity index is 0.000000157. The van der Waals surface area contributed by atoms with Crippen LogP contribution in [0.15, 0.2) is 104 Å². The summed E-state index contributed by atoms with van der Waals surface area (Å²) in [5, 5.41) is 20.4. The number of pyridine rings is 1. The van der Waals surface area contributed by atoms with E-state index >= 15 is 0 Å². The van der Waals surface area contributed by atoms with Gasteiger partial charge in [0.05, 0.1) is 0 Å². The molecule has 0 atom stereocenters. The third-order valence-electron chi connectivity index (χ3n) is 6.23. The van der Waals surface area contributed by atoms with Crippen LogP contribution in [0.5, 0.6) is 0 Å². The summed E-state index contributed by atoms with van der Waals surface area (Å²) in [6.07, 6.45) is 14.3. The van der Waals surface area contributed by atoms with Gasteiger partial charge in [-0.05, 0) is 48.2 Å². The number of aryl methyl sites for hydroxylation is 2. The predicted octanol–water partition coefficient (Wildman–Crippen LogP) is 4.63. The van der Waals surface area contributed by atoms with Crippen molar-refractivity contribution in [1.29, 1.82) is 0 Å². The third kappa shape index (κ3) is 4.57. The normalized spacial score (nSPS) is 11.3. The van der Waals surface area contributed by atoms with Crippen molar-refractivity contribution in [3.05, 3.63) is 127 Å². The first-order valence-corrected chi connectivity index (χ1v) is 12.0. The van der Waals surface area contributed by atoms with E-state index in [0.29, 0.717) is 5.56 Å². The van der Waals surface area contributed by atoms with Gasteiger partial charge in [0.1, 0.15) is 0 Å². The average molecular weight is 700 g/mol. The van der Waals surface area contributed by atoms with Crippen LogP contribution in [0.1, 0.15) is 11.3 Å². The van der Waals surface area contributed by atoms with Gasteiger partial charge in [-0.2, -0.15) is 20.4 Å². The van der Waals surface area contributed by atoms with Crippen molar-refractivity contribution in [2.24, 2.45) is 0 Å². The summed E-state index contributed by atoms with van der Waals surface area (Å²) in [5.41, 5.74) is 2.39. The molecule has 0 saturated carbocycles. The molecule has 0 fully saturated rings. The van der Waals surface area contributed by atoms with Crippen LogP contribution in [0.3, 0.4) is 0 Å². The maximum atomic E-state index is 13.5. The molecular formula is C28H23FN9Pt-. The van der Waals surface area contributed by atoms with Crippen molar-refractivity contribution in [3.63, 3.8) is 0 Å². The van der Waals surface area contributed by atoms with E-state index in [1.54, 1.807) is 56.5 Å². The fraction of sp³-hybridized carbons (Fsp3) is 0.107. The van der Waals surface area contributed by atoms with Crippen molar-refractivity contribution >= 4 is 21.7 Å². The smallest absolute Gasteiger partial charge is 0.301 e. The van der Waals surface area contributed by atoms with Gasteiger partial charge in [0, 0.05) is 82.2 Å². The zero-order valence-corrected chi connectivity index (χ0v) is 23.3. The van der Waals surface area contributed by atoms with E-state index in [1.165, 1.54) is 0 Å². The molecule has 198 valence electrons. The Morgan fingerprint density at radius 1 is 0.692 bits per heavy atom. The van der Waals surface area contributed by atoms with Gasteiger partial charge in [-0.15, -0.1) is 22.9 Å². The first-order valence-electron chi connectivity index (χ1n) is 12.0.